The van der Waals surface area contributed by atoms with Gasteiger partial charge in [0.05, 0.1) is 0 Å². The summed E-state index contributed by atoms with van der Waals surface area (Å²) >= 11 is 0. The van der Waals surface area contributed by atoms with E-state index < -0.39 is 0 Å². The lowest BCUT2D eigenvalue weighted by Gasteiger charge is -2.17. The molecule has 19 heavy (non-hydrogen) atoms. The summed E-state index contributed by atoms with van der Waals surface area (Å²) in [6.45, 7) is 5.51. The average Bonchev–Trinajstić information content (AvgIpc) is 2.44. The van der Waals surface area contributed by atoms with E-state index in [-0.39, 0.29) is 0 Å². The van der Waals surface area contributed by atoms with E-state index in [1.54, 1.807) is 0 Å². The van der Waals surface area contributed by atoms with E-state index in [1.165, 1.54) is 50.6 Å². The molecular formula is C17H30N2. The van der Waals surface area contributed by atoms with Gasteiger partial charge in [0.25, 0.3) is 0 Å². The fourth-order valence-electron chi connectivity index (χ4n) is 2.51. The predicted octanol–water partition coefficient (Wildman–Crippen LogP) is 4.35. The van der Waals surface area contributed by atoms with Crippen molar-refractivity contribution in [1.82, 2.24) is 10.3 Å². The summed E-state index contributed by atoms with van der Waals surface area (Å²) in [6, 6.07) is 6.78. The fraction of sp³-hybridized carbons (Fsp3) is 0.706. The summed E-state index contributed by atoms with van der Waals surface area (Å²) in [7, 11) is 0. The van der Waals surface area contributed by atoms with Crippen molar-refractivity contribution in [3.8, 4) is 0 Å². The molecule has 2 heteroatoms. The summed E-state index contributed by atoms with van der Waals surface area (Å²) in [5, 5.41) is 3.59. The second-order valence-corrected chi connectivity index (χ2v) is 5.34. The lowest BCUT2D eigenvalue weighted by atomic mass is 10.0. The number of nitrogens with one attached hydrogen (secondary N) is 1. The number of unbranched alkanes of at least 4 members (excludes halogenated alkanes) is 5. The molecule has 0 fully saturated rings. The molecule has 1 atom stereocenters. The maximum absolute atomic E-state index is 4.43. The molecule has 1 rings (SSSR count). The van der Waals surface area contributed by atoms with Crippen LogP contribution in [0.3, 0.4) is 0 Å². The van der Waals surface area contributed by atoms with E-state index in [0.717, 1.165) is 13.0 Å². The Kier molecular flexibility index (Phi) is 9.34. The van der Waals surface area contributed by atoms with Gasteiger partial charge in [-0.25, -0.2) is 0 Å². The molecule has 0 saturated carbocycles. The molecule has 0 amide bonds. The van der Waals surface area contributed by atoms with Crippen LogP contribution >= 0.6 is 0 Å². The van der Waals surface area contributed by atoms with Crippen LogP contribution in [0, 0.1) is 0 Å². The average molecular weight is 262 g/mol. The van der Waals surface area contributed by atoms with E-state index in [0.29, 0.717) is 6.04 Å². The van der Waals surface area contributed by atoms with Crippen molar-refractivity contribution in [3.05, 3.63) is 30.1 Å². The monoisotopic (exact) mass is 262 g/mol. The first kappa shape index (κ1) is 16.2. The van der Waals surface area contributed by atoms with Crippen LogP contribution in [0.15, 0.2) is 24.4 Å². The molecule has 0 aliphatic carbocycles. The highest BCUT2D eigenvalue weighted by atomic mass is 14.9. The third-order valence-electron chi connectivity index (χ3n) is 3.58. The van der Waals surface area contributed by atoms with Gasteiger partial charge in [-0.3, -0.25) is 4.98 Å². The Balaban J connectivity index is 2.21. The Morgan fingerprint density at radius 1 is 1.05 bits per heavy atom. The number of aromatic nitrogens is 1. The van der Waals surface area contributed by atoms with Crippen LogP contribution in [0.2, 0.25) is 0 Å². The van der Waals surface area contributed by atoms with Gasteiger partial charge >= 0.3 is 0 Å². The number of likely N-dealkylation sites (N-methyl/N-ethyl adjacent to an activating group) is 1. The van der Waals surface area contributed by atoms with E-state index in [9.17, 15) is 0 Å². The highest BCUT2D eigenvalue weighted by Gasteiger charge is 2.08. The van der Waals surface area contributed by atoms with Gasteiger partial charge in [-0.2, -0.15) is 0 Å². The minimum atomic E-state index is 0.589. The van der Waals surface area contributed by atoms with Crippen LogP contribution in [0.4, 0.5) is 0 Å². The van der Waals surface area contributed by atoms with E-state index >= 15 is 0 Å². The first-order chi connectivity index (χ1) is 9.36. The molecular weight excluding hydrogens is 232 g/mol. The molecule has 1 heterocycles. The molecule has 0 spiro atoms. The van der Waals surface area contributed by atoms with Crippen molar-refractivity contribution < 1.29 is 0 Å². The van der Waals surface area contributed by atoms with Crippen LogP contribution in [0.25, 0.3) is 0 Å². The van der Waals surface area contributed by atoms with Crippen LogP contribution in [0.1, 0.15) is 64.5 Å². The maximum Gasteiger partial charge on any atom is 0.0419 e. The molecule has 0 aliphatic heterocycles. The largest absolute Gasteiger partial charge is 0.314 e. The smallest absolute Gasteiger partial charge is 0.0419 e. The topological polar surface area (TPSA) is 24.9 Å². The van der Waals surface area contributed by atoms with Crippen LogP contribution < -0.4 is 5.32 Å². The van der Waals surface area contributed by atoms with E-state index in [1.807, 2.05) is 12.3 Å². The normalized spacial score (nSPS) is 12.5. The zero-order chi connectivity index (χ0) is 13.8. The third kappa shape index (κ3) is 7.99. The lowest BCUT2D eigenvalue weighted by Crippen LogP contribution is -2.31. The van der Waals surface area contributed by atoms with Gasteiger partial charge < -0.3 is 5.32 Å². The van der Waals surface area contributed by atoms with Gasteiger partial charge in [-0.1, -0.05) is 58.4 Å². The summed E-state index contributed by atoms with van der Waals surface area (Å²) in [4.78, 5) is 4.43. The second kappa shape index (κ2) is 11.0. The quantitative estimate of drug-likeness (QED) is 0.600. The molecule has 1 unspecified atom stereocenters. The molecule has 0 saturated heterocycles. The molecule has 1 N–H and O–H groups in total. The molecule has 1 aromatic rings. The third-order valence-corrected chi connectivity index (χ3v) is 3.58. The number of pyridine rings is 1. The van der Waals surface area contributed by atoms with Crippen LogP contribution in [-0.4, -0.2) is 17.6 Å². The minimum absolute atomic E-state index is 0.589. The van der Waals surface area contributed by atoms with Crippen molar-refractivity contribution >= 4 is 0 Å². The minimum Gasteiger partial charge on any atom is -0.314 e. The van der Waals surface area contributed by atoms with E-state index in [4.69, 9.17) is 0 Å². The fourth-order valence-corrected chi connectivity index (χ4v) is 2.51. The molecule has 108 valence electrons. The van der Waals surface area contributed by atoms with Crippen LogP contribution in [-0.2, 0) is 6.42 Å². The van der Waals surface area contributed by atoms with Crippen molar-refractivity contribution in [2.75, 3.05) is 6.54 Å². The summed E-state index contributed by atoms with van der Waals surface area (Å²) in [6.07, 6.45) is 12.5. The molecule has 2 nitrogen and oxygen atoms in total. The molecule has 0 bridgehead atoms. The molecule has 1 aromatic heterocycles. The Morgan fingerprint density at radius 2 is 1.84 bits per heavy atom. The van der Waals surface area contributed by atoms with Crippen molar-refractivity contribution in [3.63, 3.8) is 0 Å². The maximum atomic E-state index is 4.43. The predicted molar refractivity (Wildman–Crippen MR) is 83.4 cm³/mol. The number of hydrogen-bond donors (Lipinski definition) is 1. The molecule has 0 aliphatic rings. The van der Waals surface area contributed by atoms with Gasteiger partial charge in [0.1, 0.15) is 0 Å². The number of rotatable bonds is 11. The summed E-state index contributed by atoms with van der Waals surface area (Å²) in [5.74, 6) is 0. The standard InChI is InChI=1S/C17H30N2/c1-3-5-6-7-8-9-12-16(18-4-2)15-17-13-10-11-14-19-17/h10-11,13-14,16,18H,3-9,12,15H2,1-2H3. The molecule has 0 radical (unpaired) electrons. The van der Waals surface area contributed by atoms with Crippen molar-refractivity contribution in [2.45, 2.75) is 71.3 Å². The van der Waals surface area contributed by atoms with Crippen molar-refractivity contribution in [2.24, 2.45) is 0 Å². The number of hydrogen-bond acceptors (Lipinski definition) is 2. The first-order valence-corrected chi connectivity index (χ1v) is 8.00. The second-order valence-electron chi connectivity index (χ2n) is 5.34. The zero-order valence-corrected chi connectivity index (χ0v) is 12.7. The zero-order valence-electron chi connectivity index (χ0n) is 12.7. The van der Waals surface area contributed by atoms with Gasteiger partial charge in [-0.15, -0.1) is 0 Å². The number of nitrogens with zero attached hydrogens (tertiary/aromatic N) is 1. The van der Waals surface area contributed by atoms with Gasteiger partial charge in [0.15, 0.2) is 0 Å². The molecule has 0 aromatic carbocycles. The van der Waals surface area contributed by atoms with E-state index in [2.05, 4.69) is 36.3 Å². The Hall–Kier alpha value is -0.890. The Labute approximate surface area is 119 Å². The highest BCUT2D eigenvalue weighted by molar-refractivity contribution is 5.05. The van der Waals surface area contributed by atoms with Gasteiger partial charge in [0.2, 0.25) is 0 Å². The first-order valence-electron chi connectivity index (χ1n) is 8.00. The van der Waals surface area contributed by atoms with Crippen molar-refractivity contribution in [1.29, 1.82) is 0 Å². The lowest BCUT2D eigenvalue weighted by molar-refractivity contribution is 0.456. The SMILES string of the molecule is CCCCCCCCC(Cc1ccccn1)NCC. The summed E-state index contributed by atoms with van der Waals surface area (Å²) in [5.41, 5.74) is 1.21. The highest BCUT2D eigenvalue weighted by Crippen LogP contribution is 2.11. The van der Waals surface area contributed by atoms with Crippen LogP contribution in [0.5, 0.6) is 0 Å². The Bertz CT molecular complexity index is 297. The van der Waals surface area contributed by atoms with Gasteiger partial charge in [0, 0.05) is 24.4 Å². The Morgan fingerprint density at radius 3 is 2.53 bits per heavy atom. The van der Waals surface area contributed by atoms with Gasteiger partial charge in [-0.05, 0) is 25.1 Å². The summed E-state index contributed by atoms with van der Waals surface area (Å²) < 4.78 is 0.